The molecule has 0 amide bonds. The highest BCUT2D eigenvalue weighted by atomic mass is 32.2. The summed E-state index contributed by atoms with van der Waals surface area (Å²) in [6, 6.07) is 10.1. The predicted octanol–water partition coefficient (Wildman–Crippen LogP) is 2.84. The van der Waals surface area contributed by atoms with Crippen LogP contribution >= 0.6 is 0 Å². The van der Waals surface area contributed by atoms with Crippen molar-refractivity contribution in [2.24, 2.45) is 0 Å². The lowest BCUT2D eigenvalue weighted by molar-refractivity contribution is 0.450. The number of aromatic nitrogens is 2. The number of rotatable bonds is 5. The molecule has 25 heavy (non-hydrogen) atoms. The lowest BCUT2D eigenvalue weighted by Crippen LogP contribution is -2.17. The van der Waals surface area contributed by atoms with Gasteiger partial charge in [0.1, 0.15) is 11.3 Å². The average Bonchev–Trinajstić information content (AvgIpc) is 3.29. The molecule has 0 spiro atoms. The molecule has 2 atom stereocenters. The lowest BCUT2D eigenvalue weighted by Gasteiger charge is -2.10. The van der Waals surface area contributed by atoms with Gasteiger partial charge < -0.3 is 9.73 Å². The molecule has 1 aliphatic heterocycles. The fourth-order valence-corrected chi connectivity index (χ4v) is 4.94. The molecule has 2 unspecified atom stereocenters. The first kappa shape index (κ1) is 16.4. The van der Waals surface area contributed by atoms with E-state index in [2.05, 4.69) is 23.4 Å². The molecular formula is C18H21N3O3S. The molecule has 0 radical (unpaired) electrons. The molecule has 0 saturated carbocycles. The van der Waals surface area contributed by atoms with Crippen molar-refractivity contribution in [3.05, 3.63) is 54.0 Å². The summed E-state index contributed by atoms with van der Waals surface area (Å²) >= 11 is 0. The molecule has 1 N–H and O–H groups in total. The molecular weight excluding hydrogens is 338 g/mol. The molecule has 0 bridgehead atoms. The highest BCUT2D eigenvalue weighted by molar-refractivity contribution is 7.91. The van der Waals surface area contributed by atoms with E-state index < -0.39 is 9.84 Å². The number of sulfone groups is 1. The van der Waals surface area contributed by atoms with Gasteiger partial charge in [0.2, 0.25) is 0 Å². The van der Waals surface area contributed by atoms with Crippen LogP contribution < -0.4 is 5.32 Å². The van der Waals surface area contributed by atoms with E-state index in [1.54, 1.807) is 10.9 Å². The van der Waals surface area contributed by atoms with Crippen molar-refractivity contribution >= 4 is 20.8 Å². The summed E-state index contributed by atoms with van der Waals surface area (Å²) in [7, 11) is -2.90. The van der Waals surface area contributed by atoms with Crippen molar-refractivity contribution < 1.29 is 12.8 Å². The smallest absolute Gasteiger partial charge is 0.152 e. The highest BCUT2D eigenvalue weighted by Crippen LogP contribution is 2.25. The summed E-state index contributed by atoms with van der Waals surface area (Å²) in [5, 5.41) is 8.87. The van der Waals surface area contributed by atoms with Crippen LogP contribution in [0.15, 0.2) is 47.1 Å². The third kappa shape index (κ3) is 3.48. The first-order chi connectivity index (χ1) is 12.0. The van der Waals surface area contributed by atoms with Gasteiger partial charge in [0.25, 0.3) is 0 Å². The number of nitrogens with one attached hydrogen (secondary N) is 1. The molecule has 1 saturated heterocycles. The minimum Gasteiger partial charge on any atom is -0.459 e. The Bertz CT molecular complexity index is 957. The molecule has 3 aromatic rings. The molecule has 1 aromatic carbocycles. The molecule has 132 valence electrons. The summed E-state index contributed by atoms with van der Waals surface area (Å²) in [6.07, 6.45) is 4.37. The van der Waals surface area contributed by atoms with Crippen molar-refractivity contribution in [1.29, 1.82) is 0 Å². The van der Waals surface area contributed by atoms with Crippen molar-refractivity contribution in [2.45, 2.75) is 32.0 Å². The molecule has 6 nitrogen and oxygen atoms in total. The Morgan fingerprint density at radius 1 is 1.40 bits per heavy atom. The van der Waals surface area contributed by atoms with E-state index in [4.69, 9.17) is 4.42 Å². The zero-order valence-corrected chi connectivity index (χ0v) is 14.9. The van der Waals surface area contributed by atoms with E-state index in [-0.39, 0.29) is 23.6 Å². The predicted molar refractivity (Wildman–Crippen MR) is 96.0 cm³/mol. The fourth-order valence-electron chi connectivity index (χ4n) is 3.24. The van der Waals surface area contributed by atoms with Crippen LogP contribution in [0.5, 0.6) is 0 Å². The average molecular weight is 359 g/mol. The number of benzene rings is 1. The van der Waals surface area contributed by atoms with Crippen LogP contribution in [-0.2, 0) is 16.4 Å². The summed E-state index contributed by atoms with van der Waals surface area (Å²) in [4.78, 5) is 0. The molecule has 7 heteroatoms. The van der Waals surface area contributed by atoms with Crippen molar-refractivity contribution in [2.75, 3.05) is 11.5 Å². The first-order valence-electron chi connectivity index (χ1n) is 8.45. The maximum absolute atomic E-state index is 11.6. The van der Waals surface area contributed by atoms with Gasteiger partial charge in [-0.05, 0) is 25.5 Å². The maximum Gasteiger partial charge on any atom is 0.152 e. The van der Waals surface area contributed by atoms with Crippen LogP contribution in [0.4, 0.5) is 0 Å². The minimum absolute atomic E-state index is 0.0356. The van der Waals surface area contributed by atoms with Gasteiger partial charge in [-0.15, -0.1) is 0 Å². The Kier molecular flexibility index (Phi) is 4.13. The summed E-state index contributed by atoms with van der Waals surface area (Å²) in [5.41, 5.74) is 1.92. The van der Waals surface area contributed by atoms with Crippen LogP contribution in [0.1, 0.15) is 36.8 Å². The Balaban J connectivity index is 1.40. The first-order valence-corrected chi connectivity index (χ1v) is 10.3. The second-order valence-corrected chi connectivity index (χ2v) is 8.90. The second-order valence-electron chi connectivity index (χ2n) is 6.67. The zero-order chi connectivity index (χ0) is 17.4. The zero-order valence-electron chi connectivity index (χ0n) is 14.1. The number of furan rings is 1. The quantitative estimate of drug-likeness (QED) is 0.758. The Hall–Kier alpha value is -2.12. The van der Waals surface area contributed by atoms with Crippen LogP contribution in [-0.4, -0.2) is 29.7 Å². The highest BCUT2D eigenvalue weighted by Gasteiger charge is 2.29. The second kappa shape index (κ2) is 6.31. The minimum atomic E-state index is -2.90. The Morgan fingerprint density at radius 2 is 2.24 bits per heavy atom. The van der Waals surface area contributed by atoms with Crippen molar-refractivity contribution in [3.63, 3.8) is 0 Å². The van der Waals surface area contributed by atoms with Crippen LogP contribution in [0.3, 0.4) is 0 Å². The van der Waals surface area contributed by atoms with Gasteiger partial charge in [-0.25, -0.2) is 8.42 Å². The van der Waals surface area contributed by atoms with Gasteiger partial charge in [-0.3, -0.25) is 4.68 Å². The van der Waals surface area contributed by atoms with E-state index in [9.17, 15) is 8.42 Å². The van der Waals surface area contributed by atoms with E-state index in [1.165, 1.54) is 0 Å². The van der Waals surface area contributed by atoms with Crippen molar-refractivity contribution in [1.82, 2.24) is 15.1 Å². The fraction of sp³-hybridized carbons (Fsp3) is 0.389. The van der Waals surface area contributed by atoms with E-state index in [0.717, 1.165) is 22.3 Å². The number of hydrogen-bond acceptors (Lipinski definition) is 5. The molecule has 1 fully saturated rings. The third-order valence-corrected chi connectivity index (χ3v) is 6.47. The standard InChI is InChI=1S/C18H21N3O3S/c1-13(18-8-15-4-2-3-5-17(15)24-18)19-9-14-10-20-21(11-14)16-6-7-25(22,23)12-16/h2-5,8,10-11,13,16,19H,6-7,9,12H2,1H3. The largest absolute Gasteiger partial charge is 0.459 e. The number of nitrogens with zero attached hydrogens (tertiary/aromatic N) is 2. The van der Waals surface area contributed by atoms with Crippen LogP contribution in [0, 0.1) is 0 Å². The molecule has 2 aromatic heterocycles. The van der Waals surface area contributed by atoms with Gasteiger partial charge in [-0.1, -0.05) is 18.2 Å². The van der Waals surface area contributed by atoms with Gasteiger partial charge in [-0.2, -0.15) is 5.10 Å². The van der Waals surface area contributed by atoms with Crippen LogP contribution in [0.2, 0.25) is 0 Å². The Labute approximate surface area is 146 Å². The van der Waals surface area contributed by atoms with E-state index >= 15 is 0 Å². The topological polar surface area (TPSA) is 77.1 Å². The van der Waals surface area contributed by atoms with Gasteiger partial charge in [0.15, 0.2) is 9.84 Å². The van der Waals surface area contributed by atoms with Crippen LogP contribution in [0.25, 0.3) is 11.0 Å². The SMILES string of the molecule is CC(NCc1cnn(C2CCS(=O)(=O)C2)c1)c1cc2ccccc2o1. The molecule has 4 rings (SSSR count). The van der Waals surface area contributed by atoms with Gasteiger partial charge >= 0.3 is 0 Å². The number of hydrogen-bond donors (Lipinski definition) is 1. The summed E-state index contributed by atoms with van der Waals surface area (Å²) in [5.74, 6) is 1.35. The molecule has 3 heterocycles. The molecule has 0 aliphatic carbocycles. The molecule has 1 aliphatic rings. The maximum atomic E-state index is 11.6. The summed E-state index contributed by atoms with van der Waals surface area (Å²) in [6.45, 7) is 2.71. The van der Waals surface area contributed by atoms with Crippen molar-refractivity contribution in [3.8, 4) is 0 Å². The Morgan fingerprint density at radius 3 is 3.00 bits per heavy atom. The van der Waals surface area contributed by atoms with Gasteiger partial charge in [0.05, 0.1) is 29.8 Å². The third-order valence-electron chi connectivity index (χ3n) is 4.72. The number of para-hydroxylation sites is 1. The monoisotopic (exact) mass is 359 g/mol. The lowest BCUT2D eigenvalue weighted by atomic mass is 10.2. The number of fused-ring (bicyclic) bond motifs is 1. The van der Waals surface area contributed by atoms with E-state index in [1.807, 2.05) is 30.5 Å². The van der Waals surface area contributed by atoms with Gasteiger partial charge in [0, 0.05) is 23.7 Å². The normalized spacial score (nSPS) is 20.9. The van der Waals surface area contributed by atoms with E-state index in [0.29, 0.717) is 13.0 Å². The summed E-state index contributed by atoms with van der Waals surface area (Å²) < 4.78 is 30.9.